The molecule has 1 rings (SSSR count). The average Bonchev–Trinajstić information content (AvgIpc) is 1.80. The second-order valence-electron chi connectivity index (χ2n) is 2.93. The zero-order valence-corrected chi connectivity index (χ0v) is 6.78. The Morgan fingerprint density at radius 3 is 2.78 bits per heavy atom. The highest BCUT2D eigenvalue weighted by atomic mass is 35.5. The molecule has 0 radical (unpaired) electrons. The van der Waals surface area contributed by atoms with Crippen LogP contribution in [0.3, 0.4) is 0 Å². The second kappa shape index (κ2) is 2.74. The average molecular weight is 145 g/mol. The fraction of sp³-hybridized carbons (Fsp3) is 0.750. The van der Waals surface area contributed by atoms with Crippen molar-refractivity contribution in [2.45, 2.75) is 32.1 Å². The lowest BCUT2D eigenvalue weighted by molar-refractivity contribution is 0.577. The van der Waals surface area contributed by atoms with Crippen molar-refractivity contribution in [3.63, 3.8) is 0 Å². The number of allylic oxidation sites excluding steroid dienone is 2. The van der Waals surface area contributed by atoms with Crippen LogP contribution in [0.15, 0.2) is 11.6 Å². The molecule has 0 heterocycles. The van der Waals surface area contributed by atoms with Gasteiger partial charge in [-0.05, 0) is 25.7 Å². The number of hydrogen-bond donors (Lipinski definition) is 0. The van der Waals surface area contributed by atoms with E-state index >= 15 is 0 Å². The van der Waals surface area contributed by atoms with Crippen LogP contribution in [0.1, 0.15) is 26.7 Å². The highest BCUT2D eigenvalue weighted by Crippen LogP contribution is 2.26. The summed E-state index contributed by atoms with van der Waals surface area (Å²) in [6, 6.07) is 0. The van der Waals surface area contributed by atoms with Gasteiger partial charge in [0.1, 0.15) is 0 Å². The maximum absolute atomic E-state index is 5.99. The van der Waals surface area contributed by atoms with Crippen molar-refractivity contribution in [1.29, 1.82) is 0 Å². The predicted molar refractivity (Wildman–Crippen MR) is 41.8 cm³/mol. The smallest absolute Gasteiger partial charge is 0.0399 e. The molecular weight excluding hydrogens is 132 g/mol. The molecule has 0 saturated carbocycles. The minimum atomic E-state index is 0.383. The lowest BCUT2D eigenvalue weighted by Gasteiger charge is -2.20. The number of hydrogen-bond acceptors (Lipinski definition) is 0. The predicted octanol–water partition coefficient (Wildman–Crippen LogP) is 2.97. The highest BCUT2D eigenvalue weighted by molar-refractivity contribution is 6.20. The molecule has 0 aliphatic heterocycles. The Bertz CT molecular complexity index is 127. The van der Waals surface area contributed by atoms with Crippen LogP contribution in [-0.2, 0) is 0 Å². The molecule has 2 unspecified atom stereocenters. The molecule has 1 heteroatoms. The van der Waals surface area contributed by atoms with Gasteiger partial charge >= 0.3 is 0 Å². The molecule has 0 nitrogen and oxygen atoms in total. The van der Waals surface area contributed by atoms with Gasteiger partial charge in [-0.3, -0.25) is 0 Å². The summed E-state index contributed by atoms with van der Waals surface area (Å²) in [5.74, 6) is 0.584. The fourth-order valence-electron chi connectivity index (χ4n) is 1.26. The molecule has 0 fully saturated rings. The molecule has 0 N–H and O–H groups in total. The lowest BCUT2D eigenvalue weighted by Crippen LogP contribution is -2.13. The molecule has 0 saturated heterocycles. The normalized spacial score (nSPS) is 36.1. The van der Waals surface area contributed by atoms with Crippen LogP contribution in [0.4, 0.5) is 0 Å². The van der Waals surface area contributed by atoms with Gasteiger partial charge in [-0.1, -0.05) is 18.6 Å². The van der Waals surface area contributed by atoms with Crippen molar-refractivity contribution in [1.82, 2.24) is 0 Å². The maximum Gasteiger partial charge on any atom is 0.0399 e. The third-order valence-electron chi connectivity index (χ3n) is 1.93. The van der Waals surface area contributed by atoms with Crippen molar-refractivity contribution in [3.8, 4) is 0 Å². The Kier molecular flexibility index (Phi) is 2.18. The lowest BCUT2D eigenvalue weighted by atomic mass is 9.92. The largest absolute Gasteiger partial charge is 0.122 e. The van der Waals surface area contributed by atoms with E-state index in [0.717, 1.165) is 6.42 Å². The third kappa shape index (κ3) is 1.72. The standard InChI is InChI=1S/C8H13Cl/c1-6-3-4-8(9)7(2)5-6/h5,7-8H,3-4H2,1-2H3. The van der Waals surface area contributed by atoms with Crippen LogP contribution in [0.2, 0.25) is 0 Å². The number of halogens is 1. The Hall–Kier alpha value is 0.0300. The summed E-state index contributed by atoms with van der Waals surface area (Å²) < 4.78 is 0. The highest BCUT2D eigenvalue weighted by Gasteiger charge is 2.16. The molecule has 0 aromatic rings. The first-order valence-electron chi connectivity index (χ1n) is 3.51. The minimum absolute atomic E-state index is 0.383. The van der Waals surface area contributed by atoms with E-state index in [4.69, 9.17) is 11.6 Å². The summed E-state index contributed by atoms with van der Waals surface area (Å²) in [5.41, 5.74) is 1.50. The molecule has 0 spiro atoms. The van der Waals surface area contributed by atoms with Gasteiger partial charge in [0.05, 0.1) is 0 Å². The van der Waals surface area contributed by atoms with Gasteiger partial charge in [0.15, 0.2) is 0 Å². The Balaban J connectivity index is 2.58. The Labute approximate surface area is 61.9 Å². The minimum Gasteiger partial charge on any atom is -0.122 e. The van der Waals surface area contributed by atoms with Crippen LogP contribution in [0, 0.1) is 5.92 Å². The topological polar surface area (TPSA) is 0 Å². The van der Waals surface area contributed by atoms with Crippen LogP contribution in [-0.4, -0.2) is 5.38 Å². The van der Waals surface area contributed by atoms with E-state index in [9.17, 15) is 0 Å². The van der Waals surface area contributed by atoms with Gasteiger partial charge in [0.25, 0.3) is 0 Å². The van der Waals surface area contributed by atoms with E-state index in [2.05, 4.69) is 19.9 Å². The summed E-state index contributed by atoms with van der Waals surface area (Å²) in [6.45, 7) is 4.36. The Morgan fingerprint density at radius 1 is 1.67 bits per heavy atom. The van der Waals surface area contributed by atoms with E-state index in [1.807, 2.05) is 0 Å². The maximum atomic E-state index is 5.99. The zero-order valence-electron chi connectivity index (χ0n) is 6.02. The van der Waals surface area contributed by atoms with Gasteiger partial charge in [0.2, 0.25) is 0 Å². The van der Waals surface area contributed by atoms with E-state index in [0.29, 0.717) is 11.3 Å². The quantitative estimate of drug-likeness (QED) is 0.362. The van der Waals surface area contributed by atoms with E-state index in [1.54, 1.807) is 0 Å². The van der Waals surface area contributed by atoms with Gasteiger partial charge in [0, 0.05) is 5.38 Å². The summed E-state index contributed by atoms with van der Waals surface area (Å²) in [4.78, 5) is 0. The fourth-order valence-corrected chi connectivity index (χ4v) is 1.45. The first-order chi connectivity index (χ1) is 4.20. The van der Waals surface area contributed by atoms with Crippen molar-refractivity contribution in [2.75, 3.05) is 0 Å². The van der Waals surface area contributed by atoms with Crippen molar-refractivity contribution < 1.29 is 0 Å². The van der Waals surface area contributed by atoms with Crippen molar-refractivity contribution >= 4 is 11.6 Å². The zero-order chi connectivity index (χ0) is 6.85. The summed E-state index contributed by atoms with van der Waals surface area (Å²) >= 11 is 5.99. The second-order valence-corrected chi connectivity index (χ2v) is 3.49. The van der Waals surface area contributed by atoms with Crippen molar-refractivity contribution in [2.24, 2.45) is 5.92 Å². The van der Waals surface area contributed by atoms with Crippen LogP contribution in [0.5, 0.6) is 0 Å². The van der Waals surface area contributed by atoms with Crippen LogP contribution >= 0.6 is 11.6 Å². The molecule has 52 valence electrons. The first-order valence-corrected chi connectivity index (χ1v) is 3.95. The molecular formula is C8H13Cl. The van der Waals surface area contributed by atoms with Crippen molar-refractivity contribution in [3.05, 3.63) is 11.6 Å². The summed E-state index contributed by atoms with van der Waals surface area (Å²) in [5, 5.41) is 0.383. The van der Waals surface area contributed by atoms with Gasteiger partial charge in [-0.15, -0.1) is 11.6 Å². The Morgan fingerprint density at radius 2 is 2.33 bits per heavy atom. The number of alkyl halides is 1. The summed E-state index contributed by atoms with van der Waals surface area (Å²) in [7, 11) is 0. The molecule has 0 amide bonds. The van der Waals surface area contributed by atoms with E-state index in [-0.39, 0.29) is 0 Å². The summed E-state index contributed by atoms with van der Waals surface area (Å²) in [6.07, 6.45) is 4.63. The SMILES string of the molecule is CC1=CC(C)C(Cl)CC1. The molecule has 2 atom stereocenters. The van der Waals surface area contributed by atoms with Gasteiger partial charge < -0.3 is 0 Å². The van der Waals surface area contributed by atoms with Crippen LogP contribution in [0.25, 0.3) is 0 Å². The van der Waals surface area contributed by atoms with Gasteiger partial charge in [-0.25, -0.2) is 0 Å². The monoisotopic (exact) mass is 144 g/mol. The molecule has 0 aromatic carbocycles. The van der Waals surface area contributed by atoms with E-state index < -0.39 is 0 Å². The van der Waals surface area contributed by atoms with Gasteiger partial charge in [-0.2, -0.15) is 0 Å². The molecule has 9 heavy (non-hydrogen) atoms. The first kappa shape index (κ1) is 7.14. The van der Waals surface area contributed by atoms with E-state index in [1.165, 1.54) is 12.0 Å². The van der Waals surface area contributed by atoms with Crippen LogP contribution < -0.4 is 0 Å². The third-order valence-corrected chi connectivity index (χ3v) is 2.55. The molecule has 1 aliphatic rings. The molecule has 0 aromatic heterocycles. The molecule has 0 bridgehead atoms. The molecule has 1 aliphatic carbocycles. The number of rotatable bonds is 0.